The third-order valence-electron chi connectivity index (χ3n) is 2.80. The van der Waals surface area contributed by atoms with Crippen LogP contribution in [-0.2, 0) is 4.79 Å². The van der Waals surface area contributed by atoms with Crippen molar-refractivity contribution in [3.63, 3.8) is 0 Å². The van der Waals surface area contributed by atoms with E-state index >= 15 is 0 Å². The second-order valence-electron chi connectivity index (χ2n) is 4.14. The largest absolute Gasteiger partial charge is 0.325 e. The smallest absolute Gasteiger partial charge is 0.240 e. The molecule has 4 heteroatoms. The van der Waals surface area contributed by atoms with Gasteiger partial charge in [-0.25, -0.2) is 0 Å². The third-order valence-corrected chi connectivity index (χ3v) is 5.04. The first kappa shape index (κ1) is 12.2. The van der Waals surface area contributed by atoms with Crippen LogP contribution in [0.25, 0.3) is 0 Å². The predicted octanol–water partition coefficient (Wildman–Crippen LogP) is 3.52. The normalized spacial score (nSPS) is 24.4. The molecular formula is C12H14INOS. The number of halogens is 1. The van der Waals surface area contributed by atoms with E-state index in [4.69, 9.17) is 0 Å². The number of anilines is 1. The zero-order chi connectivity index (χ0) is 11.6. The molecule has 0 aliphatic carbocycles. The summed E-state index contributed by atoms with van der Waals surface area (Å²) < 4.78 is 0.945. The summed E-state index contributed by atoms with van der Waals surface area (Å²) in [6, 6.07) is 7.89. The Morgan fingerprint density at radius 2 is 2.12 bits per heavy atom. The molecule has 1 heterocycles. The Morgan fingerprint density at radius 1 is 1.44 bits per heavy atom. The Bertz CT molecular complexity index is 385. The standard InChI is InChI=1S/C12H14INOS/c1-12(7-2-8-16-12)11(15)14-10-5-3-9(13)4-6-10/h3-6H,2,7-8H2,1H3,(H,14,15). The molecule has 2 nitrogen and oxygen atoms in total. The van der Waals surface area contributed by atoms with E-state index < -0.39 is 0 Å². The van der Waals surface area contributed by atoms with Crippen molar-refractivity contribution in [2.75, 3.05) is 11.1 Å². The minimum atomic E-state index is -0.233. The molecule has 1 unspecified atom stereocenters. The van der Waals surface area contributed by atoms with Gasteiger partial charge in [-0.3, -0.25) is 4.79 Å². The zero-order valence-corrected chi connectivity index (χ0v) is 12.1. The van der Waals surface area contributed by atoms with Gasteiger partial charge in [0.25, 0.3) is 0 Å². The molecular weight excluding hydrogens is 333 g/mol. The highest BCUT2D eigenvalue weighted by molar-refractivity contribution is 14.1. The maximum absolute atomic E-state index is 12.1. The highest BCUT2D eigenvalue weighted by atomic mass is 127. The number of amides is 1. The van der Waals surface area contributed by atoms with Gasteiger partial charge in [0.15, 0.2) is 0 Å². The SMILES string of the molecule is CC1(C(=O)Nc2ccc(I)cc2)CCCS1. The first-order valence-electron chi connectivity index (χ1n) is 5.31. The molecule has 1 aliphatic rings. The van der Waals surface area contributed by atoms with Crippen LogP contribution in [0, 0.1) is 3.57 Å². The molecule has 1 aromatic carbocycles. The molecule has 2 rings (SSSR count). The van der Waals surface area contributed by atoms with Gasteiger partial charge in [-0.05, 0) is 72.4 Å². The molecule has 1 N–H and O–H groups in total. The van der Waals surface area contributed by atoms with Crippen LogP contribution in [0.1, 0.15) is 19.8 Å². The molecule has 0 aromatic heterocycles. The quantitative estimate of drug-likeness (QED) is 0.830. The van der Waals surface area contributed by atoms with Crippen LogP contribution < -0.4 is 5.32 Å². The molecule has 1 aliphatic heterocycles. The minimum absolute atomic E-state index is 0.135. The number of benzene rings is 1. The van der Waals surface area contributed by atoms with Gasteiger partial charge in [0.2, 0.25) is 5.91 Å². The second kappa shape index (κ2) is 4.96. The number of thioether (sulfide) groups is 1. The Labute approximate surface area is 114 Å². The van der Waals surface area contributed by atoms with Crippen LogP contribution in [0.4, 0.5) is 5.69 Å². The maximum Gasteiger partial charge on any atom is 0.240 e. The predicted molar refractivity (Wildman–Crippen MR) is 77.9 cm³/mol. The Morgan fingerprint density at radius 3 is 2.69 bits per heavy atom. The molecule has 1 fully saturated rings. The first-order chi connectivity index (χ1) is 7.60. The lowest BCUT2D eigenvalue weighted by molar-refractivity contribution is -0.118. The van der Waals surface area contributed by atoms with E-state index in [-0.39, 0.29) is 10.7 Å². The van der Waals surface area contributed by atoms with E-state index in [2.05, 4.69) is 27.9 Å². The van der Waals surface area contributed by atoms with E-state index in [1.807, 2.05) is 31.2 Å². The Hall–Kier alpha value is -0.230. The van der Waals surface area contributed by atoms with Gasteiger partial charge in [0, 0.05) is 9.26 Å². The van der Waals surface area contributed by atoms with Gasteiger partial charge in [-0.2, -0.15) is 0 Å². The molecule has 16 heavy (non-hydrogen) atoms. The number of hydrogen-bond donors (Lipinski definition) is 1. The monoisotopic (exact) mass is 347 g/mol. The van der Waals surface area contributed by atoms with Crippen molar-refractivity contribution in [1.29, 1.82) is 0 Å². The van der Waals surface area contributed by atoms with Gasteiger partial charge in [0.1, 0.15) is 0 Å². The minimum Gasteiger partial charge on any atom is -0.325 e. The summed E-state index contributed by atoms with van der Waals surface area (Å²) in [6.07, 6.45) is 2.12. The molecule has 0 bridgehead atoms. The van der Waals surface area contributed by atoms with E-state index in [1.54, 1.807) is 11.8 Å². The second-order valence-corrected chi connectivity index (χ2v) is 6.99. The summed E-state index contributed by atoms with van der Waals surface area (Å²) in [4.78, 5) is 12.1. The van der Waals surface area contributed by atoms with Crippen LogP contribution in [-0.4, -0.2) is 16.4 Å². The Kier molecular flexibility index (Phi) is 3.79. The lowest BCUT2D eigenvalue weighted by Gasteiger charge is -2.21. The average Bonchev–Trinajstić information content (AvgIpc) is 2.70. The van der Waals surface area contributed by atoms with Gasteiger partial charge < -0.3 is 5.32 Å². The fourth-order valence-corrected chi connectivity index (χ4v) is 3.32. The van der Waals surface area contributed by atoms with E-state index in [0.717, 1.165) is 24.3 Å². The highest BCUT2D eigenvalue weighted by Gasteiger charge is 2.37. The van der Waals surface area contributed by atoms with Crippen molar-refractivity contribution >= 4 is 45.9 Å². The lowest BCUT2D eigenvalue weighted by Crippen LogP contribution is -2.34. The van der Waals surface area contributed by atoms with Crippen molar-refractivity contribution in [1.82, 2.24) is 0 Å². The lowest BCUT2D eigenvalue weighted by atomic mass is 10.0. The summed E-state index contributed by atoms with van der Waals surface area (Å²) in [6.45, 7) is 2.03. The number of nitrogens with one attached hydrogen (secondary N) is 1. The molecule has 0 radical (unpaired) electrons. The van der Waals surface area contributed by atoms with E-state index in [9.17, 15) is 4.79 Å². The van der Waals surface area contributed by atoms with Crippen molar-refractivity contribution in [3.8, 4) is 0 Å². The van der Waals surface area contributed by atoms with Gasteiger partial charge >= 0.3 is 0 Å². The number of hydrogen-bond acceptors (Lipinski definition) is 2. The van der Waals surface area contributed by atoms with Gasteiger partial charge in [-0.15, -0.1) is 11.8 Å². The van der Waals surface area contributed by atoms with Crippen LogP contribution >= 0.6 is 34.4 Å². The molecule has 1 aromatic rings. The molecule has 0 saturated carbocycles. The number of carbonyl (C=O) groups excluding carboxylic acids is 1. The van der Waals surface area contributed by atoms with Crippen molar-refractivity contribution in [3.05, 3.63) is 27.8 Å². The summed E-state index contributed by atoms with van der Waals surface area (Å²) in [7, 11) is 0. The Balaban J connectivity index is 2.04. The van der Waals surface area contributed by atoms with Crippen molar-refractivity contribution < 1.29 is 4.79 Å². The third kappa shape index (κ3) is 2.71. The number of rotatable bonds is 2. The van der Waals surface area contributed by atoms with Crippen molar-refractivity contribution in [2.45, 2.75) is 24.5 Å². The van der Waals surface area contributed by atoms with Crippen molar-refractivity contribution in [2.24, 2.45) is 0 Å². The summed E-state index contributed by atoms with van der Waals surface area (Å²) in [5.74, 6) is 1.23. The number of carbonyl (C=O) groups is 1. The molecule has 0 spiro atoms. The van der Waals surface area contributed by atoms with Crippen LogP contribution in [0.5, 0.6) is 0 Å². The zero-order valence-electron chi connectivity index (χ0n) is 9.13. The molecule has 1 atom stereocenters. The van der Waals surface area contributed by atoms with E-state index in [1.165, 1.54) is 3.57 Å². The maximum atomic E-state index is 12.1. The fourth-order valence-electron chi connectivity index (χ4n) is 1.75. The average molecular weight is 347 g/mol. The molecule has 1 saturated heterocycles. The topological polar surface area (TPSA) is 29.1 Å². The molecule has 1 amide bonds. The van der Waals surface area contributed by atoms with Gasteiger partial charge in [0.05, 0.1) is 4.75 Å². The van der Waals surface area contributed by atoms with Crippen LogP contribution in [0.3, 0.4) is 0 Å². The molecule has 86 valence electrons. The van der Waals surface area contributed by atoms with E-state index in [0.29, 0.717) is 0 Å². The highest BCUT2D eigenvalue weighted by Crippen LogP contribution is 2.38. The van der Waals surface area contributed by atoms with Gasteiger partial charge in [-0.1, -0.05) is 0 Å². The van der Waals surface area contributed by atoms with Crippen LogP contribution in [0.2, 0.25) is 0 Å². The summed E-state index contributed by atoms with van der Waals surface area (Å²) in [5, 5.41) is 2.99. The first-order valence-corrected chi connectivity index (χ1v) is 7.38. The summed E-state index contributed by atoms with van der Waals surface area (Å²) in [5.41, 5.74) is 0.888. The fraction of sp³-hybridized carbons (Fsp3) is 0.417. The summed E-state index contributed by atoms with van der Waals surface area (Å²) >= 11 is 4.02. The van der Waals surface area contributed by atoms with Crippen LogP contribution in [0.15, 0.2) is 24.3 Å².